The highest BCUT2D eigenvalue weighted by Gasteiger charge is 2.34. The van der Waals surface area contributed by atoms with Crippen LogP contribution in [0.2, 0.25) is 0 Å². The van der Waals surface area contributed by atoms with Gasteiger partial charge in [-0.05, 0) is 38.6 Å². The van der Waals surface area contributed by atoms with Gasteiger partial charge in [0.05, 0.1) is 11.0 Å². The minimum atomic E-state index is -2.85. The smallest absolute Gasteiger partial charge is 0.154 e. The van der Waals surface area contributed by atoms with E-state index < -0.39 is 9.84 Å². The third-order valence-electron chi connectivity index (χ3n) is 3.50. The monoisotopic (exact) mass is 247 g/mol. The van der Waals surface area contributed by atoms with E-state index in [4.69, 9.17) is 0 Å². The van der Waals surface area contributed by atoms with Crippen molar-refractivity contribution in [1.82, 2.24) is 5.32 Å². The van der Waals surface area contributed by atoms with Gasteiger partial charge in [0.1, 0.15) is 0 Å². The van der Waals surface area contributed by atoms with Gasteiger partial charge in [0, 0.05) is 6.04 Å². The fourth-order valence-electron chi connectivity index (χ4n) is 2.46. The Morgan fingerprint density at radius 2 is 1.94 bits per heavy atom. The van der Waals surface area contributed by atoms with Crippen LogP contribution < -0.4 is 5.32 Å². The molecule has 3 nitrogen and oxygen atoms in total. The number of hydrogen-bond donors (Lipinski definition) is 1. The van der Waals surface area contributed by atoms with Crippen molar-refractivity contribution in [2.45, 2.75) is 57.2 Å². The molecule has 96 valence electrons. The van der Waals surface area contributed by atoms with E-state index in [1.165, 1.54) is 0 Å². The summed E-state index contributed by atoms with van der Waals surface area (Å²) >= 11 is 0. The Bertz CT molecular complexity index is 298. The molecule has 16 heavy (non-hydrogen) atoms. The molecule has 1 aliphatic heterocycles. The Morgan fingerprint density at radius 1 is 1.25 bits per heavy atom. The van der Waals surface area contributed by atoms with Crippen molar-refractivity contribution in [2.75, 3.05) is 12.8 Å². The van der Waals surface area contributed by atoms with Gasteiger partial charge in [-0.25, -0.2) is 8.42 Å². The molecule has 0 aliphatic carbocycles. The van der Waals surface area contributed by atoms with Crippen LogP contribution in [0.15, 0.2) is 0 Å². The summed E-state index contributed by atoms with van der Waals surface area (Å²) in [5, 5.41) is 3.06. The van der Waals surface area contributed by atoms with Crippen molar-refractivity contribution in [1.29, 1.82) is 0 Å². The Balaban J connectivity index is 2.63. The van der Waals surface area contributed by atoms with E-state index in [9.17, 15) is 8.42 Å². The van der Waals surface area contributed by atoms with Gasteiger partial charge >= 0.3 is 0 Å². The first-order valence-corrected chi connectivity index (χ1v) is 8.07. The number of hydrogen-bond acceptors (Lipinski definition) is 3. The highest BCUT2D eigenvalue weighted by atomic mass is 32.2. The predicted octanol–water partition coefficient (Wildman–Crippen LogP) is 1.98. The molecule has 1 aliphatic rings. The molecule has 0 spiro atoms. The molecule has 0 aromatic carbocycles. The van der Waals surface area contributed by atoms with Gasteiger partial charge in [0.2, 0.25) is 0 Å². The van der Waals surface area contributed by atoms with Crippen molar-refractivity contribution in [3.8, 4) is 0 Å². The van der Waals surface area contributed by atoms with Crippen LogP contribution in [0.1, 0.15) is 46.0 Å². The zero-order valence-electron chi connectivity index (χ0n) is 10.7. The molecule has 1 N–H and O–H groups in total. The summed E-state index contributed by atoms with van der Waals surface area (Å²) in [4.78, 5) is 0. The fourth-order valence-corrected chi connectivity index (χ4v) is 4.67. The first-order chi connectivity index (χ1) is 7.47. The average Bonchev–Trinajstić information content (AvgIpc) is 2.20. The lowest BCUT2D eigenvalue weighted by Gasteiger charge is -2.30. The van der Waals surface area contributed by atoms with E-state index >= 15 is 0 Å². The van der Waals surface area contributed by atoms with Crippen molar-refractivity contribution in [3.63, 3.8) is 0 Å². The molecule has 2 atom stereocenters. The maximum Gasteiger partial charge on any atom is 0.154 e. The van der Waals surface area contributed by atoms with Gasteiger partial charge in [0.25, 0.3) is 0 Å². The molecule has 1 saturated heterocycles. The van der Waals surface area contributed by atoms with Crippen molar-refractivity contribution >= 4 is 9.84 Å². The molecule has 0 aromatic heterocycles. The molecule has 0 aromatic rings. The third kappa shape index (κ3) is 3.74. The second-order valence-electron chi connectivity index (χ2n) is 5.27. The molecule has 0 radical (unpaired) electrons. The standard InChI is InChI=1S/C12H25NO2S/c1-10(2)7-8-11(13-3)12-6-4-5-9-16(12,14)15/h10-13H,4-9H2,1-3H3. The number of rotatable bonds is 5. The highest BCUT2D eigenvalue weighted by Crippen LogP contribution is 2.25. The maximum atomic E-state index is 12.0. The summed E-state index contributed by atoms with van der Waals surface area (Å²) in [6, 6.07) is 0.146. The Morgan fingerprint density at radius 3 is 2.44 bits per heavy atom. The van der Waals surface area contributed by atoms with Crippen LogP contribution in [0.25, 0.3) is 0 Å². The lowest BCUT2D eigenvalue weighted by molar-refractivity contribution is 0.406. The number of nitrogens with one attached hydrogen (secondary N) is 1. The van der Waals surface area contributed by atoms with E-state index in [0.29, 0.717) is 11.7 Å². The molecule has 1 fully saturated rings. The summed E-state index contributed by atoms with van der Waals surface area (Å²) < 4.78 is 24.0. The fraction of sp³-hybridized carbons (Fsp3) is 1.00. The van der Waals surface area contributed by atoms with E-state index in [-0.39, 0.29) is 11.3 Å². The molecular formula is C12H25NO2S. The molecule has 0 bridgehead atoms. The highest BCUT2D eigenvalue weighted by molar-refractivity contribution is 7.92. The van der Waals surface area contributed by atoms with E-state index in [0.717, 1.165) is 32.1 Å². The third-order valence-corrected chi connectivity index (χ3v) is 5.85. The molecule has 0 amide bonds. The average molecular weight is 247 g/mol. The van der Waals surface area contributed by atoms with Crippen molar-refractivity contribution in [3.05, 3.63) is 0 Å². The van der Waals surface area contributed by atoms with E-state index in [1.54, 1.807) is 0 Å². The summed E-state index contributed by atoms with van der Waals surface area (Å²) in [7, 11) is -0.961. The van der Waals surface area contributed by atoms with Crippen LogP contribution in [0.4, 0.5) is 0 Å². The lowest BCUT2D eigenvalue weighted by Crippen LogP contribution is -2.45. The topological polar surface area (TPSA) is 46.2 Å². The molecule has 2 unspecified atom stereocenters. The molecule has 1 rings (SSSR count). The predicted molar refractivity (Wildman–Crippen MR) is 68.3 cm³/mol. The SMILES string of the molecule is CNC(CCC(C)C)C1CCCCS1(=O)=O. The zero-order valence-corrected chi connectivity index (χ0v) is 11.5. The Kier molecular flexibility index (Phi) is 5.25. The van der Waals surface area contributed by atoms with Crippen molar-refractivity contribution in [2.24, 2.45) is 5.92 Å². The summed E-state index contributed by atoms with van der Waals surface area (Å²) in [6.45, 7) is 4.37. The first-order valence-electron chi connectivity index (χ1n) is 6.36. The second kappa shape index (κ2) is 6.01. The van der Waals surface area contributed by atoms with Gasteiger partial charge in [-0.2, -0.15) is 0 Å². The van der Waals surface area contributed by atoms with Crippen molar-refractivity contribution < 1.29 is 8.42 Å². The molecule has 1 heterocycles. The van der Waals surface area contributed by atoms with Gasteiger partial charge in [0.15, 0.2) is 9.84 Å². The minimum Gasteiger partial charge on any atom is -0.316 e. The Labute approximate surface area is 99.9 Å². The molecular weight excluding hydrogens is 222 g/mol. The van der Waals surface area contributed by atoms with Crippen LogP contribution in [0, 0.1) is 5.92 Å². The zero-order chi connectivity index (χ0) is 12.2. The van der Waals surface area contributed by atoms with E-state index in [1.807, 2.05) is 7.05 Å². The van der Waals surface area contributed by atoms with Crippen LogP contribution in [0.5, 0.6) is 0 Å². The Hall–Kier alpha value is -0.0900. The lowest BCUT2D eigenvalue weighted by atomic mass is 9.98. The summed E-state index contributed by atoms with van der Waals surface area (Å²) in [5.41, 5.74) is 0. The van der Waals surface area contributed by atoms with Gasteiger partial charge < -0.3 is 5.32 Å². The maximum absolute atomic E-state index is 12.0. The van der Waals surface area contributed by atoms with Crippen LogP contribution in [-0.4, -0.2) is 32.5 Å². The molecule has 4 heteroatoms. The number of sulfone groups is 1. The minimum absolute atomic E-state index is 0.146. The second-order valence-corrected chi connectivity index (χ2v) is 7.61. The normalized spacial score (nSPS) is 26.9. The summed E-state index contributed by atoms with van der Waals surface area (Å²) in [5.74, 6) is 1.03. The van der Waals surface area contributed by atoms with Gasteiger partial charge in [-0.1, -0.05) is 20.3 Å². The van der Waals surface area contributed by atoms with Crippen LogP contribution in [0.3, 0.4) is 0 Å². The van der Waals surface area contributed by atoms with Crippen LogP contribution >= 0.6 is 0 Å². The molecule has 0 saturated carbocycles. The van der Waals surface area contributed by atoms with Gasteiger partial charge in [-0.15, -0.1) is 0 Å². The van der Waals surface area contributed by atoms with Gasteiger partial charge in [-0.3, -0.25) is 0 Å². The first kappa shape index (κ1) is 14.0. The van der Waals surface area contributed by atoms with E-state index in [2.05, 4.69) is 19.2 Å². The quantitative estimate of drug-likeness (QED) is 0.808. The van der Waals surface area contributed by atoms with Crippen LogP contribution in [-0.2, 0) is 9.84 Å². The largest absolute Gasteiger partial charge is 0.316 e. The summed E-state index contributed by atoms with van der Waals surface area (Å²) in [6.07, 6.45) is 4.81.